The summed E-state index contributed by atoms with van der Waals surface area (Å²) in [6.45, 7) is 2.03. The van der Waals surface area contributed by atoms with Gasteiger partial charge >= 0.3 is 0 Å². The van der Waals surface area contributed by atoms with Gasteiger partial charge in [0.1, 0.15) is 0 Å². The van der Waals surface area contributed by atoms with Crippen molar-refractivity contribution in [3.05, 3.63) is 0 Å². The summed E-state index contributed by atoms with van der Waals surface area (Å²) < 4.78 is 0. The van der Waals surface area contributed by atoms with E-state index in [1.807, 2.05) is 6.92 Å². The zero-order valence-electron chi connectivity index (χ0n) is 8.69. The molecule has 0 aromatic rings. The van der Waals surface area contributed by atoms with Crippen LogP contribution in [0.3, 0.4) is 0 Å². The number of nitrogens with zero attached hydrogens (tertiary/aromatic N) is 2. The van der Waals surface area contributed by atoms with Crippen molar-refractivity contribution in [2.75, 3.05) is 0 Å². The van der Waals surface area contributed by atoms with E-state index < -0.39 is 0 Å². The van der Waals surface area contributed by atoms with Crippen molar-refractivity contribution in [1.29, 1.82) is 0 Å². The zero-order valence-corrected chi connectivity index (χ0v) is 8.69. The van der Waals surface area contributed by atoms with Crippen molar-refractivity contribution >= 4 is 5.84 Å². The second-order valence-electron chi connectivity index (χ2n) is 4.46. The van der Waals surface area contributed by atoms with Crippen molar-refractivity contribution in [2.24, 2.45) is 10.9 Å². The van der Waals surface area contributed by atoms with Gasteiger partial charge < -0.3 is 10.9 Å². The molecule has 3 unspecified atom stereocenters. The maximum Gasteiger partial charge on any atom is 0.156 e. The molecule has 2 heterocycles. The lowest BCUT2D eigenvalue weighted by molar-refractivity contribution is 0.122. The Balaban J connectivity index is 2.10. The molecule has 0 amide bonds. The van der Waals surface area contributed by atoms with E-state index in [1.165, 1.54) is 32.1 Å². The summed E-state index contributed by atoms with van der Waals surface area (Å²) in [4.78, 5) is 2.44. The van der Waals surface area contributed by atoms with Gasteiger partial charge in [-0.05, 0) is 32.6 Å². The fourth-order valence-corrected chi connectivity index (χ4v) is 3.03. The molecular formula is C10H19N3O. The highest BCUT2D eigenvalue weighted by Gasteiger charge is 2.40. The summed E-state index contributed by atoms with van der Waals surface area (Å²) in [6.07, 6.45) is 6.47. The van der Waals surface area contributed by atoms with E-state index in [1.54, 1.807) is 0 Å². The van der Waals surface area contributed by atoms with Gasteiger partial charge in [0.15, 0.2) is 5.84 Å². The van der Waals surface area contributed by atoms with Crippen molar-refractivity contribution in [3.8, 4) is 0 Å². The molecule has 2 rings (SSSR count). The van der Waals surface area contributed by atoms with Gasteiger partial charge in [-0.1, -0.05) is 11.6 Å². The summed E-state index contributed by atoms with van der Waals surface area (Å²) in [5.74, 6) is 0.351. The van der Waals surface area contributed by atoms with Crippen LogP contribution in [-0.4, -0.2) is 34.1 Å². The van der Waals surface area contributed by atoms with Crippen LogP contribution in [0.25, 0.3) is 0 Å². The monoisotopic (exact) mass is 197 g/mol. The van der Waals surface area contributed by atoms with Gasteiger partial charge in [0.2, 0.25) is 0 Å². The van der Waals surface area contributed by atoms with E-state index in [0.29, 0.717) is 17.9 Å². The van der Waals surface area contributed by atoms with Gasteiger partial charge in [-0.2, -0.15) is 0 Å². The molecule has 14 heavy (non-hydrogen) atoms. The highest BCUT2D eigenvalue weighted by molar-refractivity contribution is 5.84. The Morgan fingerprint density at radius 1 is 1.36 bits per heavy atom. The van der Waals surface area contributed by atoms with E-state index in [-0.39, 0.29) is 6.04 Å². The van der Waals surface area contributed by atoms with Crippen molar-refractivity contribution < 1.29 is 5.21 Å². The van der Waals surface area contributed by atoms with Crippen LogP contribution < -0.4 is 5.73 Å². The minimum absolute atomic E-state index is 0.0952. The van der Waals surface area contributed by atoms with Crippen LogP contribution in [0.4, 0.5) is 0 Å². The van der Waals surface area contributed by atoms with Crippen molar-refractivity contribution in [2.45, 2.75) is 57.2 Å². The number of hydrogen-bond donors (Lipinski definition) is 2. The summed E-state index contributed by atoms with van der Waals surface area (Å²) in [7, 11) is 0. The highest BCUT2D eigenvalue weighted by atomic mass is 16.4. The molecule has 4 heteroatoms. The number of hydrogen-bond acceptors (Lipinski definition) is 3. The van der Waals surface area contributed by atoms with E-state index in [9.17, 15) is 0 Å². The lowest BCUT2D eigenvalue weighted by Crippen LogP contribution is -2.50. The number of rotatable bonds is 2. The molecule has 0 radical (unpaired) electrons. The minimum Gasteiger partial charge on any atom is -0.409 e. The van der Waals surface area contributed by atoms with Gasteiger partial charge in [0, 0.05) is 12.1 Å². The van der Waals surface area contributed by atoms with Crippen molar-refractivity contribution in [3.63, 3.8) is 0 Å². The van der Waals surface area contributed by atoms with Crippen LogP contribution in [0.2, 0.25) is 0 Å². The Kier molecular flexibility index (Phi) is 2.63. The van der Waals surface area contributed by atoms with E-state index in [4.69, 9.17) is 10.9 Å². The first kappa shape index (κ1) is 9.77. The topological polar surface area (TPSA) is 61.9 Å². The number of piperidine rings is 1. The normalized spacial score (nSPS) is 35.9. The first-order valence-corrected chi connectivity index (χ1v) is 5.49. The van der Waals surface area contributed by atoms with Crippen LogP contribution in [0.1, 0.15) is 39.0 Å². The third kappa shape index (κ3) is 1.47. The third-order valence-electron chi connectivity index (χ3n) is 3.74. The second-order valence-corrected chi connectivity index (χ2v) is 4.46. The van der Waals surface area contributed by atoms with Gasteiger partial charge in [0.05, 0.1) is 6.04 Å². The molecule has 0 aromatic heterocycles. The quantitative estimate of drug-likeness (QED) is 0.302. The van der Waals surface area contributed by atoms with E-state index in [0.717, 1.165) is 0 Å². The fourth-order valence-electron chi connectivity index (χ4n) is 3.03. The molecule has 3 N–H and O–H groups in total. The van der Waals surface area contributed by atoms with Crippen LogP contribution in [0.15, 0.2) is 5.16 Å². The molecule has 0 aliphatic carbocycles. The number of nitrogens with two attached hydrogens (primary N) is 1. The predicted octanol–water partition coefficient (Wildman–Crippen LogP) is 1.14. The maximum atomic E-state index is 8.67. The molecule has 2 aliphatic rings. The van der Waals surface area contributed by atoms with Crippen LogP contribution >= 0.6 is 0 Å². The first-order chi connectivity index (χ1) is 6.74. The Morgan fingerprint density at radius 2 is 1.93 bits per heavy atom. The Labute approximate surface area is 84.8 Å². The average Bonchev–Trinajstić information content (AvgIpc) is 2.46. The van der Waals surface area contributed by atoms with E-state index in [2.05, 4.69) is 10.1 Å². The molecule has 2 saturated heterocycles. The molecule has 2 aliphatic heterocycles. The van der Waals surface area contributed by atoms with Crippen LogP contribution in [-0.2, 0) is 0 Å². The maximum absolute atomic E-state index is 8.67. The predicted molar refractivity (Wildman–Crippen MR) is 55.4 cm³/mol. The number of amidine groups is 1. The smallest absolute Gasteiger partial charge is 0.156 e. The summed E-state index contributed by atoms with van der Waals surface area (Å²) in [5, 5.41) is 11.8. The highest BCUT2D eigenvalue weighted by Crippen LogP contribution is 2.36. The molecule has 2 fully saturated rings. The lowest BCUT2D eigenvalue weighted by Gasteiger charge is -2.38. The molecule has 2 bridgehead atoms. The molecule has 0 aromatic carbocycles. The Morgan fingerprint density at radius 3 is 2.43 bits per heavy atom. The Hall–Kier alpha value is -0.770. The summed E-state index contributed by atoms with van der Waals surface area (Å²) in [5.41, 5.74) is 5.66. The summed E-state index contributed by atoms with van der Waals surface area (Å²) >= 11 is 0. The lowest BCUT2D eigenvalue weighted by atomic mass is 10.0. The molecular weight excluding hydrogens is 178 g/mol. The molecule has 0 saturated carbocycles. The van der Waals surface area contributed by atoms with Crippen LogP contribution in [0, 0.1) is 0 Å². The van der Waals surface area contributed by atoms with Gasteiger partial charge in [0.25, 0.3) is 0 Å². The largest absolute Gasteiger partial charge is 0.409 e. The Bertz CT molecular complexity index is 226. The van der Waals surface area contributed by atoms with E-state index >= 15 is 0 Å². The third-order valence-corrected chi connectivity index (χ3v) is 3.74. The van der Waals surface area contributed by atoms with Crippen LogP contribution in [0.5, 0.6) is 0 Å². The van der Waals surface area contributed by atoms with Gasteiger partial charge in [-0.15, -0.1) is 0 Å². The van der Waals surface area contributed by atoms with Crippen molar-refractivity contribution in [1.82, 2.24) is 4.90 Å². The van der Waals surface area contributed by atoms with Gasteiger partial charge in [-0.3, -0.25) is 4.90 Å². The first-order valence-electron chi connectivity index (χ1n) is 5.49. The SMILES string of the molecule is CC(/C(N)=N/O)N1C2CCCC1CC2. The molecule has 80 valence electrons. The molecule has 4 nitrogen and oxygen atoms in total. The number of fused-ring (bicyclic) bond motifs is 2. The standard InChI is InChI=1S/C10H19N3O/c1-7(10(11)12-14)13-8-3-2-4-9(13)6-5-8/h7-9,14H,2-6H2,1H3,(H2,11,12). The average molecular weight is 197 g/mol. The zero-order chi connectivity index (χ0) is 10.1. The molecule has 0 spiro atoms. The minimum atomic E-state index is 0.0952. The summed E-state index contributed by atoms with van der Waals surface area (Å²) in [6, 6.07) is 1.44. The molecule has 3 atom stereocenters. The second kappa shape index (κ2) is 3.77. The van der Waals surface area contributed by atoms with Gasteiger partial charge in [-0.25, -0.2) is 0 Å². The fraction of sp³-hybridized carbons (Fsp3) is 0.900. The number of oxime groups is 1.